The van der Waals surface area contributed by atoms with Gasteiger partial charge in [0.05, 0.1) is 23.6 Å². The fraction of sp³-hybridized carbons (Fsp3) is 0.316. The summed E-state index contributed by atoms with van der Waals surface area (Å²) in [6, 6.07) is 15.6. The molecule has 4 nitrogen and oxygen atoms in total. The van der Waals surface area contributed by atoms with Gasteiger partial charge in [-0.05, 0) is 36.8 Å². The Balaban J connectivity index is 1.61. The molecule has 7 heteroatoms. The number of fused-ring (bicyclic) bond motifs is 1. The highest BCUT2D eigenvalue weighted by atomic mass is 35.5. The van der Waals surface area contributed by atoms with Crippen LogP contribution in [0, 0.1) is 6.92 Å². The van der Waals surface area contributed by atoms with Crippen LogP contribution in [0.3, 0.4) is 0 Å². The molecule has 136 valence electrons. The second-order valence-corrected chi connectivity index (χ2v) is 10.3. The van der Waals surface area contributed by atoms with E-state index in [0.29, 0.717) is 5.02 Å². The fourth-order valence-electron chi connectivity index (χ4n) is 3.49. The van der Waals surface area contributed by atoms with Gasteiger partial charge in [-0.1, -0.05) is 53.2 Å². The lowest BCUT2D eigenvalue weighted by Crippen LogP contribution is -2.39. The number of halogens is 1. The maximum atomic E-state index is 12.1. The molecule has 26 heavy (non-hydrogen) atoms. The number of benzene rings is 2. The van der Waals surface area contributed by atoms with Crippen molar-refractivity contribution in [1.29, 1.82) is 0 Å². The van der Waals surface area contributed by atoms with Gasteiger partial charge in [-0.2, -0.15) is 0 Å². The van der Waals surface area contributed by atoms with Crippen molar-refractivity contribution in [3.05, 3.63) is 64.7 Å². The molecule has 0 spiro atoms. The van der Waals surface area contributed by atoms with Gasteiger partial charge in [0, 0.05) is 16.5 Å². The molecule has 1 fully saturated rings. The number of aryl methyl sites for hydroxylation is 1. The van der Waals surface area contributed by atoms with E-state index in [1.807, 2.05) is 24.3 Å². The topological polar surface area (TPSA) is 49.7 Å². The van der Waals surface area contributed by atoms with E-state index >= 15 is 0 Å². The molecule has 2 aromatic rings. The van der Waals surface area contributed by atoms with E-state index < -0.39 is 9.84 Å². The molecule has 0 amide bonds. The van der Waals surface area contributed by atoms with E-state index in [1.54, 1.807) is 11.8 Å². The first-order valence-electron chi connectivity index (χ1n) is 8.43. The summed E-state index contributed by atoms with van der Waals surface area (Å²) in [5.41, 5.74) is 3.40. The van der Waals surface area contributed by atoms with Gasteiger partial charge < -0.3 is 4.90 Å². The van der Waals surface area contributed by atoms with Crippen molar-refractivity contribution < 1.29 is 8.42 Å². The Labute approximate surface area is 163 Å². The molecule has 0 aromatic heterocycles. The monoisotopic (exact) mass is 406 g/mol. The molecule has 0 aliphatic carbocycles. The second-order valence-electron chi connectivity index (χ2n) is 6.75. The molecule has 2 atom stereocenters. The van der Waals surface area contributed by atoms with Crippen molar-refractivity contribution >= 4 is 44.1 Å². The summed E-state index contributed by atoms with van der Waals surface area (Å²) in [5.74, 6) is 1.09. The first kappa shape index (κ1) is 17.9. The van der Waals surface area contributed by atoms with Crippen LogP contribution in [-0.2, 0) is 15.6 Å². The lowest BCUT2D eigenvalue weighted by atomic mass is 10.1. The van der Waals surface area contributed by atoms with E-state index in [4.69, 9.17) is 16.6 Å². The third-order valence-electron chi connectivity index (χ3n) is 4.66. The maximum absolute atomic E-state index is 12.1. The SMILES string of the molecule is Cc1cccc(CSC2=N[C@@H]3CS(=O)(=O)C[C@H]3N2c2ccc(Cl)cc2)c1. The molecule has 0 N–H and O–H groups in total. The van der Waals surface area contributed by atoms with E-state index in [9.17, 15) is 8.42 Å². The van der Waals surface area contributed by atoms with Crippen molar-refractivity contribution in [3.63, 3.8) is 0 Å². The van der Waals surface area contributed by atoms with E-state index in [0.717, 1.165) is 16.6 Å². The van der Waals surface area contributed by atoms with Gasteiger partial charge in [-0.25, -0.2) is 8.42 Å². The summed E-state index contributed by atoms with van der Waals surface area (Å²) in [7, 11) is -3.03. The van der Waals surface area contributed by atoms with Gasteiger partial charge in [0.15, 0.2) is 15.0 Å². The van der Waals surface area contributed by atoms with E-state index in [-0.39, 0.29) is 23.6 Å². The predicted molar refractivity (Wildman–Crippen MR) is 110 cm³/mol. The van der Waals surface area contributed by atoms with Gasteiger partial charge in [0.2, 0.25) is 0 Å². The summed E-state index contributed by atoms with van der Waals surface area (Å²) in [6.45, 7) is 2.08. The number of amidine groups is 1. The highest BCUT2D eigenvalue weighted by Gasteiger charge is 2.47. The summed E-state index contributed by atoms with van der Waals surface area (Å²) in [5, 5.41) is 1.55. The molecule has 2 aliphatic rings. The molecule has 0 bridgehead atoms. The normalized spacial score (nSPS) is 23.8. The lowest BCUT2D eigenvalue weighted by molar-refractivity contribution is 0.601. The zero-order chi connectivity index (χ0) is 18.3. The van der Waals surface area contributed by atoms with Crippen molar-refractivity contribution in [2.45, 2.75) is 24.8 Å². The van der Waals surface area contributed by atoms with Crippen LogP contribution >= 0.6 is 23.4 Å². The van der Waals surface area contributed by atoms with Crippen LogP contribution < -0.4 is 4.90 Å². The highest BCUT2D eigenvalue weighted by Crippen LogP contribution is 2.36. The molecule has 2 heterocycles. The van der Waals surface area contributed by atoms with E-state index in [2.05, 4.69) is 36.1 Å². The van der Waals surface area contributed by atoms with Crippen LogP contribution in [0.1, 0.15) is 11.1 Å². The van der Waals surface area contributed by atoms with Crippen molar-refractivity contribution in [2.75, 3.05) is 16.4 Å². The Hall–Kier alpha value is -1.50. The smallest absolute Gasteiger partial charge is 0.164 e. The first-order valence-corrected chi connectivity index (χ1v) is 11.6. The minimum absolute atomic E-state index is 0.124. The van der Waals surface area contributed by atoms with Crippen molar-refractivity contribution in [3.8, 4) is 0 Å². The number of sulfone groups is 1. The van der Waals surface area contributed by atoms with Gasteiger partial charge in [-0.3, -0.25) is 4.99 Å². The van der Waals surface area contributed by atoms with Gasteiger partial charge >= 0.3 is 0 Å². The molecular weight excluding hydrogens is 388 g/mol. The Kier molecular flexibility index (Phi) is 4.75. The first-order chi connectivity index (χ1) is 12.4. The van der Waals surface area contributed by atoms with Crippen LogP contribution in [0.25, 0.3) is 0 Å². The number of hydrogen-bond acceptors (Lipinski definition) is 5. The Morgan fingerprint density at radius 1 is 1.19 bits per heavy atom. The largest absolute Gasteiger partial charge is 0.315 e. The lowest BCUT2D eigenvalue weighted by Gasteiger charge is -2.26. The van der Waals surface area contributed by atoms with Gasteiger partial charge in [0.25, 0.3) is 0 Å². The van der Waals surface area contributed by atoms with Crippen LogP contribution in [-0.4, -0.2) is 37.2 Å². The maximum Gasteiger partial charge on any atom is 0.164 e. The number of anilines is 1. The summed E-state index contributed by atoms with van der Waals surface area (Å²) < 4.78 is 24.1. The average molecular weight is 407 g/mol. The number of rotatable bonds is 3. The molecule has 1 saturated heterocycles. The minimum Gasteiger partial charge on any atom is -0.315 e. The van der Waals surface area contributed by atoms with Gasteiger partial charge in [-0.15, -0.1) is 0 Å². The van der Waals surface area contributed by atoms with Gasteiger partial charge in [0.1, 0.15) is 0 Å². The van der Waals surface area contributed by atoms with Crippen molar-refractivity contribution in [1.82, 2.24) is 0 Å². The molecule has 4 rings (SSSR count). The number of nitrogens with zero attached hydrogens (tertiary/aromatic N) is 2. The van der Waals surface area contributed by atoms with Crippen LogP contribution in [0.4, 0.5) is 5.69 Å². The molecule has 0 radical (unpaired) electrons. The molecule has 2 aliphatic heterocycles. The van der Waals surface area contributed by atoms with E-state index in [1.165, 1.54) is 11.1 Å². The zero-order valence-corrected chi connectivity index (χ0v) is 16.7. The average Bonchev–Trinajstić information content (AvgIpc) is 3.05. The van der Waals surface area contributed by atoms with Crippen LogP contribution in [0.2, 0.25) is 5.02 Å². The fourth-order valence-corrected chi connectivity index (χ4v) is 6.52. The van der Waals surface area contributed by atoms with Crippen molar-refractivity contribution in [2.24, 2.45) is 4.99 Å². The summed E-state index contributed by atoms with van der Waals surface area (Å²) in [4.78, 5) is 6.83. The Morgan fingerprint density at radius 2 is 1.96 bits per heavy atom. The summed E-state index contributed by atoms with van der Waals surface area (Å²) >= 11 is 7.68. The molecule has 2 aromatic carbocycles. The van der Waals surface area contributed by atoms with Crippen LogP contribution in [0.5, 0.6) is 0 Å². The second kappa shape index (κ2) is 6.91. The standard InChI is InChI=1S/C19H19ClN2O2S2/c1-13-3-2-4-14(9-13)10-25-19-21-17-11-26(23,24)12-18(17)22(19)16-7-5-15(20)6-8-16/h2-9,17-18H,10-12H2,1H3/t17-,18-/m1/s1. The molecule has 0 unspecified atom stereocenters. The predicted octanol–water partition coefficient (Wildman–Crippen LogP) is 3.92. The minimum atomic E-state index is -3.03. The molecular formula is C19H19ClN2O2S2. The third-order valence-corrected chi connectivity index (χ3v) is 7.65. The summed E-state index contributed by atoms with van der Waals surface area (Å²) in [6.07, 6.45) is 0. The number of aliphatic imine (C=N–C) groups is 1. The number of thioether (sulfide) groups is 1. The highest BCUT2D eigenvalue weighted by molar-refractivity contribution is 8.13. The Morgan fingerprint density at radius 3 is 2.69 bits per heavy atom. The van der Waals surface area contributed by atoms with Crippen LogP contribution in [0.15, 0.2) is 53.5 Å². The third kappa shape index (κ3) is 3.63. The number of hydrogen-bond donors (Lipinski definition) is 0. The molecule has 0 saturated carbocycles. The quantitative estimate of drug-likeness (QED) is 0.775. The Bertz CT molecular complexity index is 958. The zero-order valence-electron chi connectivity index (χ0n) is 14.3.